The largest absolute Gasteiger partial charge is 0.312 e. The monoisotopic (exact) mass is 231 g/mol. The first kappa shape index (κ1) is 12.2. The molecular weight excluding hydrogens is 214 g/mol. The number of hydrogen-bond acceptors (Lipinski definition) is 4. The molecule has 1 aromatic heterocycles. The summed E-state index contributed by atoms with van der Waals surface area (Å²) in [6.45, 7) is 5.01. The van der Waals surface area contributed by atoms with Crippen molar-refractivity contribution in [3.8, 4) is 0 Å². The highest BCUT2D eigenvalue weighted by atomic mass is 32.2. The topological polar surface area (TPSA) is 74.8 Å². The van der Waals surface area contributed by atoms with Gasteiger partial charge in [-0.15, -0.1) is 0 Å². The second kappa shape index (κ2) is 4.76. The third-order valence-electron chi connectivity index (χ3n) is 2.23. The molecule has 0 aliphatic rings. The van der Waals surface area contributed by atoms with E-state index in [1.165, 1.54) is 6.26 Å². The first-order chi connectivity index (χ1) is 6.90. The second-order valence-corrected chi connectivity index (χ2v) is 5.98. The molecule has 0 amide bonds. The lowest BCUT2D eigenvalue weighted by molar-refractivity contribution is 0.596. The van der Waals surface area contributed by atoms with Crippen molar-refractivity contribution in [3.05, 3.63) is 17.0 Å². The normalized spacial score (nSPS) is 11.9. The zero-order valence-corrected chi connectivity index (χ0v) is 10.1. The van der Waals surface area contributed by atoms with Gasteiger partial charge in [0.15, 0.2) is 0 Å². The molecule has 15 heavy (non-hydrogen) atoms. The van der Waals surface area contributed by atoms with Crippen LogP contribution in [-0.4, -0.2) is 37.2 Å². The lowest BCUT2D eigenvalue weighted by atomic mass is 10.2. The molecule has 0 saturated heterocycles. The molecule has 1 rings (SSSR count). The van der Waals surface area contributed by atoms with E-state index in [0.717, 1.165) is 17.0 Å². The van der Waals surface area contributed by atoms with Crippen LogP contribution < -0.4 is 5.32 Å². The molecule has 0 aliphatic carbocycles. The predicted octanol–water partition coefficient (Wildman–Crippen LogP) is 0.161. The van der Waals surface area contributed by atoms with Gasteiger partial charge in [-0.25, -0.2) is 8.42 Å². The van der Waals surface area contributed by atoms with Gasteiger partial charge >= 0.3 is 0 Å². The van der Waals surface area contributed by atoms with Crippen molar-refractivity contribution in [3.63, 3.8) is 0 Å². The predicted molar refractivity (Wildman–Crippen MR) is 59.5 cm³/mol. The molecule has 0 aliphatic heterocycles. The molecule has 0 unspecified atom stereocenters. The molecule has 6 heteroatoms. The number of aryl methyl sites for hydroxylation is 2. The van der Waals surface area contributed by atoms with Crippen LogP contribution in [0, 0.1) is 13.8 Å². The van der Waals surface area contributed by atoms with Gasteiger partial charge in [-0.3, -0.25) is 5.10 Å². The number of aromatic amines is 1. The highest BCUT2D eigenvalue weighted by Gasteiger charge is 2.06. The number of nitrogens with one attached hydrogen (secondary N) is 2. The Morgan fingerprint density at radius 2 is 2.07 bits per heavy atom. The molecule has 0 aromatic carbocycles. The highest BCUT2D eigenvalue weighted by Crippen LogP contribution is 2.07. The summed E-state index contributed by atoms with van der Waals surface area (Å²) >= 11 is 0. The van der Waals surface area contributed by atoms with Gasteiger partial charge in [0.1, 0.15) is 9.84 Å². The maximum absolute atomic E-state index is 10.9. The number of aromatic nitrogens is 2. The van der Waals surface area contributed by atoms with Gasteiger partial charge in [0.2, 0.25) is 0 Å². The summed E-state index contributed by atoms with van der Waals surface area (Å²) in [5, 5.41) is 10.0. The summed E-state index contributed by atoms with van der Waals surface area (Å²) in [4.78, 5) is 0. The third kappa shape index (κ3) is 4.01. The van der Waals surface area contributed by atoms with Crippen LogP contribution in [0.2, 0.25) is 0 Å². The Bertz CT molecular complexity index is 403. The minimum atomic E-state index is -2.87. The number of rotatable bonds is 5. The van der Waals surface area contributed by atoms with Crippen LogP contribution in [0.4, 0.5) is 0 Å². The fourth-order valence-electron chi connectivity index (χ4n) is 1.31. The molecule has 0 atom stereocenters. The summed E-state index contributed by atoms with van der Waals surface area (Å²) in [6.07, 6.45) is 1.24. The minimum absolute atomic E-state index is 0.170. The Kier molecular flexibility index (Phi) is 3.87. The molecule has 2 N–H and O–H groups in total. The zero-order chi connectivity index (χ0) is 11.5. The van der Waals surface area contributed by atoms with E-state index in [-0.39, 0.29) is 5.75 Å². The van der Waals surface area contributed by atoms with Crippen LogP contribution in [0.1, 0.15) is 17.0 Å². The summed E-state index contributed by atoms with van der Waals surface area (Å²) in [5.41, 5.74) is 3.10. The third-order valence-corrected chi connectivity index (χ3v) is 3.18. The van der Waals surface area contributed by atoms with Gasteiger partial charge in [-0.1, -0.05) is 0 Å². The Morgan fingerprint density at radius 3 is 2.53 bits per heavy atom. The SMILES string of the molecule is Cc1n[nH]c(C)c1CNCCS(C)(=O)=O. The standard InChI is InChI=1S/C9H17N3O2S/c1-7-9(8(2)12-11-7)6-10-4-5-15(3,13)14/h10H,4-6H2,1-3H3,(H,11,12). The van der Waals surface area contributed by atoms with Crippen molar-refractivity contribution in [2.45, 2.75) is 20.4 Å². The summed E-state index contributed by atoms with van der Waals surface area (Å²) in [5.74, 6) is 0.170. The van der Waals surface area contributed by atoms with E-state index in [9.17, 15) is 8.42 Å². The Balaban J connectivity index is 2.39. The van der Waals surface area contributed by atoms with Gasteiger partial charge < -0.3 is 5.32 Å². The maximum Gasteiger partial charge on any atom is 0.148 e. The van der Waals surface area contributed by atoms with E-state index in [2.05, 4.69) is 15.5 Å². The average molecular weight is 231 g/mol. The lowest BCUT2D eigenvalue weighted by Crippen LogP contribution is -2.22. The van der Waals surface area contributed by atoms with Crippen LogP contribution in [-0.2, 0) is 16.4 Å². The number of sulfone groups is 1. The van der Waals surface area contributed by atoms with Crippen molar-refractivity contribution >= 4 is 9.84 Å². The van der Waals surface area contributed by atoms with Crippen LogP contribution in [0.5, 0.6) is 0 Å². The van der Waals surface area contributed by atoms with Gasteiger partial charge in [0.05, 0.1) is 11.4 Å². The fourth-order valence-corrected chi connectivity index (χ4v) is 1.82. The van der Waals surface area contributed by atoms with Crippen molar-refractivity contribution in [1.82, 2.24) is 15.5 Å². The molecule has 0 bridgehead atoms. The van der Waals surface area contributed by atoms with Crippen LogP contribution in [0.3, 0.4) is 0 Å². The number of hydrogen-bond donors (Lipinski definition) is 2. The van der Waals surface area contributed by atoms with Gasteiger partial charge in [-0.2, -0.15) is 5.10 Å². The van der Waals surface area contributed by atoms with Crippen molar-refractivity contribution in [2.24, 2.45) is 0 Å². The molecular formula is C9H17N3O2S. The quantitative estimate of drug-likeness (QED) is 0.708. The molecule has 0 saturated carbocycles. The summed E-state index contributed by atoms with van der Waals surface area (Å²) in [7, 11) is -2.87. The van der Waals surface area contributed by atoms with Crippen molar-refractivity contribution in [1.29, 1.82) is 0 Å². The molecule has 0 radical (unpaired) electrons. The van der Waals surface area contributed by atoms with E-state index in [0.29, 0.717) is 13.1 Å². The molecule has 5 nitrogen and oxygen atoms in total. The van der Waals surface area contributed by atoms with E-state index >= 15 is 0 Å². The molecule has 86 valence electrons. The first-order valence-electron chi connectivity index (χ1n) is 4.79. The minimum Gasteiger partial charge on any atom is -0.312 e. The van der Waals surface area contributed by atoms with E-state index in [1.807, 2.05) is 13.8 Å². The van der Waals surface area contributed by atoms with Gasteiger partial charge in [-0.05, 0) is 13.8 Å². The van der Waals surface area contributed by atoms with E-state index in [4.69, 9.17) is 0 Å². The van der Waals surface area contributed by atoms with Crippen LogP contribution >= 0.6 is 0 Å². The first-order valence-corrected chi connectivity index (χ1v) is 6.85. The molecule has 1 heterocycles. The smallest absolute Gasteiger partial charge is 0.148 e. The number of nitrogens with zero attached hydrogens (tertiary/aromatic N) is 1. The summed E-state index contributed by atoms with van der Waals surface area (Å²) in [6, 6.07) is 0. The fraction of sp³-hybridized carbons (Fsp3) is 0.667. The average Bonchev–Trinajstić information content (AvgIpc) is 2.40. The Hall–Kier alpha value is -0.880. The summed E-state index contributed by atoms with van der Waals surface area (Å²) < 4.78 is 21.7. The van der Waals surface area contributed by atoms with E-state index in [1.54, 1.807) is 0 Å². The number of H-pyrrole nitrogens is 1. The molecule has 0 fully saturated rings. The lowest BCUT2D eigenvalue weighted by Gasteiger charge is -2.03. The Labute approximate surface area is 90.2 Å². The zero-order valence-electron chi connectivity index (χ0n) is 9.29. The Morgan fingerprint density at radius 1 is 1.40 bits per heavy atom. The van der Waals surface area contributed by atoms with Crippen molar-refractivity contribution in [2.75, 3.05) is 18.6 Å². The highest BCUT2D eigenvalue weighted by molar-refractivity contribution is 7.90. The van der Waals surface area contributed by atoms with Crippen LogP contribution in [0.25, 0.3) is 0 Å². The van der Waals surface area contributed by atoms with Crippen molar-refractivity contribution < 1.29 is 8.42 Å². The van der Waals surface area contributed by atoms with Gasteiger partial charge in [0, 0.05) is 30.6 Å². The second-order valence-electron chi connectivity index (χ2n) is 3.72. The van der Waals surface area contributed by atoms with Gasteiger partial charge in [0.25, 0.3) is 0 Å². The van der Waals surface area contributed by atoms with E-state index < -0.39 is 9.84 Å². The maximum atomic E-state index is 10.9. The molecule has 1 aromatic rings. The molecule has 0 spiro atoms. The van der Waals surface area contributed by atoms with Crippen LogP contribution in [0.15, 0.2) is 0 Å².